The average molecular weight is 265 g/mol. The third-order valence-electron chi connectivity index (χ3n) is 3.03. The van der Waals surface area contributed by atoms with E-state index >= 15 is 0 Å². The van der Waals surface area contributed by atoms with Gasteiger partial charge in [0.05, 0.1) is 5.56 Å². The maximum absolute atomic E-state index is 5.82. The Morgan fingerprint density at radius 3 is 2.61 bits per heavy atom. The Balaban J connectivity index is 3.02. The Morgan fingerprint density at radius 1 is 1.39 bits per heavy atom. The number of nitrogens with zero attached hydrogens (tertiary/aromatic N) is 2. The molecule has 2 N–H and O–H groups in total. The summed E-state index contributed by atoms with van der Waals surface area (Å²) >= 11 is 5.15. The molecule has 1 rings (SSSR count). The van der Waals surface area contributed by atoms with E-state index in [0.29, 0.717) is 4.99 Å². The van der Waals surface area contributed by atoms with Crippen molar-refractivity contribution in [3.05, 3.63) is 22.9 Å². The zero-order valence-corrected chi connectivity index (χ0v) is 12.6. The minimum Gasteiger partial charge on any atom is -0.389 e. The number of thiocarbonyl (C=S) groups is 1. The summed E-state index contributed by atoms with van der Waals surface area (Å²) in [5.41, 5.74) is 8.84. The van der Waals surface area contributed by atoms with Crippen LogP contribution in [0.5, 0.6) is 0 Å². The highest BCUT2D eigenvalue weighted by atomic mass is 32.1. The van der Waals surface area contributed by atoms with Gasteiger partial charge in [-0.15, -0.1) is 0 Å². The van der Waals surface area contributed by atoms with E-state index in [4.69, 9.17) is 18.0 Å². The van der Waals surface area contributed by atoms with E-state index in [-0.39, 0.29) is 0 Å². The van der Waals surface area contributed by atoms with Gasteiger partial charge >= 0.3 is 0 Å². The summed E-state index contributed by atoms with van der Waals surface area (Å²) in [6.45, 7) is 7.22. The van der Waals surface area contributed by atoms with Gasteiger partial charge in [-0.1, -0.05) is 32.0 Å². The van der Waals surface area contributed by atoms with Gasteiger partial charge in [-0.2, -0.15) is 0 Å². The minimum atomic E-state index is 0.428. The highest BCUT2D eigenvalue weighted by Crippen LogP contribution is 2.22. The van der Waals surface area contributed by atoms with Crippen LogP contribution in [0.25, 0.3) is 0 Å². The SMILES string of the molecule is CCCCCN(C)c1nc(C)cc(C)c1C(N)=S. The lowest BCUT2D eigenvalue weighted by Gasteiger charge is -2.22. The fraction of sp³-hybridized carbons (Fsp3) is 0.571. The van der Waals surface area contributed by atoms with Crippen LogP contribution in [0.3, 0.4) is 0 Å². The number of aryl methyl sites for hydroxylation is 2. The van der Waals surface area contributed by atoms with Crippen LogP contribution in [0.15, 0.2) is 6.07 Å². The first-order valence-corrected chi connectivity index (χ1v) is 6.87. The number of anilines is 1. The first-order valence-electron chi connectivity index (χ1n) is 6.46. The van der Waals surface area contributed by atoms with Gasteiger partial charge in [-0.25, -0.2) is 4.98 Å². The molecule has 0 spiro atoms. The lowest BCUT2D eigenvalue weighted by Crippen LogP contribution is -2.25. The molecule has 100 valence electrons. The fourth-order valence-corrected chi connectivity index (χ4v) is 2.35. The first-order chi connectivity index (χ1) is 8.47. The van der Waals surface area contributed by atoms with E-state index in [1.165, 1.54) is 19.3 Å². The van der Waals surface area contributed by atoms with E-state index < -0.39 is 0 Å². The second-order valence-electron chi connectivity index (χ2n) is 4.77. The van der Waals surface area contributed by atoms with Crippen LogP contribution in [-0.2, 0) is 0 Å². The maximum Gasteiger partial charge on any atom is 0.139 e. The molecule has 0 aliphatic heterocycles. The molecule has 0 aliphatic rings. The van der Waals surface area contributed by atoms with Gasteiger partial charge in [-0.3, -0.25) is 0 Å². The summed E-state index contributed by atoms with van der Waals surface area (Å²) in [4.78, 5) is 7.18. The van der Waals surface area contributed by atoms with Crippen molar-refractivity contribution in [2.24, 2.45) is 5.73 Å². The summed E-state index contributed by atoms with van der Waals surface area (Å²) in [5.74, 6) is 0.913. The van der Waals surface area contributed by atoms with Crippen LogP contribution in [0, 0.1) is 13.8 Å². The third kappa shape index (κ3) is 3.67. The molecule has 0 amide bonds. The van der Waals surface area contributed by atoms with Crippen LogP contribution in [0.4, 0.5) is 5.82 Å². The zero-order valence-electron chi connectivity index (χ0n) is 11.8. The molecule has 0 unspecified atom stereocenters. The number of pyridine rings is 1. The second-order valence-corrected chi connectivity index (χ2v) is 5.21. The molecular weight excluding hydrogens is 242 g/mol. The van der Waals surface area contributed by atoms with Gasteiger partial charge in [0.1, 0.15) is 10.8 Å². The lowest BCUT2D eigenvalue weighted by atomic mass is 10.1. The van der Waals surface area contributed by atoms with Crippen molar-refractivity contribution < 1.29 is 0 Å². The zero-order chi connectivity index (χ0) is 13.7. The highest BCUT2D eigenvalue weighted by molar-refractivity contribution is 7.80. The van der Waals surface area contributed by atoms with Crippen molar-refractivity contribution in [3.8, 4) is 0 Å². The quantitative estimate of drug-likeness (QED) is 0.634. The number of nitrogens with two attached hydrogens (primary N) is 1. The summed E-state index contributed by atoms with van der Waals surface area (Å²) < 4.78 is 0. The molecule has 1 aromatic heterocycles. The van der Waals surface area contributed by atoms with Gasteiger partial charge in [-0.05, 0) is 31.9 Å². The molecule has 1 heterocycles. The van der Waals surface area contributed by atoms with Crippen LogP contribution in [0.1, 0.15) is 43.0 Å². The summed E-state index contributed by atoms with van der Waals surface area (Å²) in [6, 6.07) is 2.03. The number of aromatic nitrogens is 1. The van der Waals surface area contributed by atoms with Gasteiger partial charge in [0.2, 0.25) is 0 Å². The molecule has 3 nitrogen and oxygen atoms in total. The van der Waals surface area contributed by atoms with Crippen LogP contribution < -0.4 is 10.6 Å². The smallest absolute Gasteiger partial charge is 0.139 e. The molecule has 0 radical (unpaired) electrons. The summed E-state index contributed by atoms with van der Waals surface area (Å²) in [7, 11) is 2.05. The molecule has 1 aromatic rings. The van der Waals surface area contributed by atoms with Gasteiger partial charge in [0.15, 0.2) is 0 Å². The Hall–Kier alpha value is -1.16. The van der Waals surface area contributed by atoms with Crippen LogP contribution >= 0.6 is 12.2 Å². The molecule has 0 saturated carbocycles. The largest absolute Gasteiger partial charge is 0.389 e. The van der Waals surface area contributed by atoms with E-state index in [1.54, 1.807) is 0 Å². The molecule has 0 fully saturated rings. The van der Waals surface area contributed by atoms with Crippen molar-refractivity contribution in [2.45, 2.75) is 40.0 Å². The van der Waals surface area contributed by atoms with Crippen molar-refractivity contribution >= 4 is 23.0 Å². The standard InChI is InChI=1S/C14H23N3S/c1-5-6-7-8-17(4)14-12(13(15)18)10(2)9-11(3)16-14/h9H,5-8H2,1-4H3,(H2,15,18). The average Bonchev–Trinajstić information content (AvgIpc) is 2.27. The molecule has 0 atom stereocenters. The van der Waals surface area contributed by atoms with E-state index in [0.717, 1.165) is 29.2 Å². The maximum atomic E-state index is 5.82. The lowest BCUT2D eigenvalue weighted by molar-refractivity contribution is 0.700. The number of hydrogen-bond acceptors (Lipinski definition) is 3. The Labute approximate surface area is 115 Å². The molecule has 0 saturated heterocycles. The van der Waals surface area contributed by atoms with Crippen molar-refractivity contribution in [2.75, 3.05) is 18.5 Å². The van der Waals surface area contributed by atoms with Gasteiger partial charge in [0.25, 0.3) is 0 Å². The Morgan fingerprint density at radius 2 is 2.06 bits per heavy atom. The monoisotopic (exact) mass is 265 g/mol. The number of hydrogen-bond donors (Lipinski definition) is 1. The normalized spacial score (nSPS) is 10.4. The molecule has 4 heteroatoms. The molecule has 0 bridgehead atoms. The van der Waals surface area contributed by atoms with Gasteiger partial charge < -0.3 is 10.6 Å². The summed E-state index contributed by atoms with van der Waals surface area (Å²) in [6.07, 6.45) is 3.62. The molecule has 0 aromatic carbocycles. The Kier molecular flexibility index (Phi) is 5.54. The van der Waals surface area contributed by atoms with Crippen molar-refractivity contribution in [1.82, 2.24) is 4.98 Å². The predicted molar refractivity (Wildman–Crippen MR) is 82.4 cm³/mol. The predicted octanol–water partition coefficient (Wildman–Crippen LogP) is 2.96. The van der Waals surface area contributed by atoms with E-state index in [2.05, 4.69) is 23.9 Å². The van der Waals surface area contributed by atoms with Crippen LogP contribution in [-0.4, -0.2) is 23.6 Å². The molecular formula is C14H23N3S. The third-order valence-corrected chi connectivity index (χ3v) is 3.23. The van der Waals surface area contributed by atoms with E-state index in [9.17, 15) is 0 Å². The van der Waals surface area contributed by atoms with Crippen molar-refractivity contribution in [1.29, 1.82) is 0 Å². The summed E-state index contributed by atoms with van der Waals surface area (Å²) in [5, 5.41) is 0. The van der Waals surface area contributed by atoms with E-state index in [1.807, 2.05) is 19.9 Å². The topological polar surface area (TPSA) is 42.2 Å². The Bertz CT molecular complexity index is 429. The molecule has 18 heavy (non-hydrogen) atoms. The van der Waals surface area contributed by atoms with Crippen molar-refractivity contribution in [3.63, 3.8) is 0 Å². The number of unbranched alkanes of at least 4 members (excludes halogenated alkanes) is 2. The first kappa shape index (κ1) is 14.9. The fourth-order valence-electron chi connectivity index (χ4n) is 2.10. The van der Waals surface area contributed by atoms with Gasteiger partial charge in [0, 0.05) is 19.3 Å². The van der Waals surface area contributed by atoms with Crippen LogP contribution in [0.2, 0.25) is 0 Å². The highest BCUT2D eigenvalue weighted by Gasteiger charge is 2.14. The number of rotatable bonds is 6. The second kappa shape index (κ2) is 6.69. The minimum absolute atomic E-state index is 0.428. The molecule has 0 aliphatic carbocycles.